The second kappa shape index (κ2) is 9.91. The van der Waals surface area contributed by atoms with Gasteiger partial charge in [0.1, 0.15) is 5.75 Å². The van der Waals surface area contributed by atoms with Crippen molar-refractivity contribution in [3.8, 4) is 5.75 Å². The van der Waals surface area contributed by atoms with Gasteiger partial charge in [-0.05, 0) is 85.4 Å². The number of hydrogen-bond donors (Lipinski definition) is 1. The number of halogens is 1. The normalized spacial score (nSPS) is 25.5. The fraction of sp³-hybridized carbons (Fsp3) is 0.448. The molecule has 3 aliphatic rings. The highest BCUT2D eigenvalue weighted by molar-refractivity contribution is 6.40. The number of nitrogens with zero attached hydrogens (tertiary/aromatic N) is 1. The van der Waals surface area contributed by atoms with Crippen LogP contribution in [0.25, 0.3) is 0 Å². The summed E-state index contributed by atoms with van der Waals surface area (Å²) in [6, 6.07) is 11.3. The lowest BCUT2D eigenvalue weighted by Crippen LogP contribution is -2.49. The van der Waals surface area contributed by atoms with Gasteiger partial charge in [-0.2, -0.15) is 0 Å². The van der Waals surface area contributed by atoms with Gasteiger partial charge in [0.15, 0.2) is 0 Å². The Morgan fingerprint density at radius 2 is 2.14 bits per heavy atom. The molecule has 2 aromatic rings. The third kappa shape index (κ3) is 4.41. The number of esters is 1. The van der Waals surface area contributed by atoms with E-state index in [1.807, 2.05) is 6.07 Å². The maximum Gasteiger partial charge on any atom is 0.379 e. The van der Waals surface area contributed by atoms with Crippen molar-refractivity contribution in [1.29, 1.82) is 0 Å². The summed E-state index contributed by atoms with van der Waals surface area (Å²) in [5, 5.41) is 11.2. The molecule has 1 unspecified atom stereocenters. The molecule has 7 heteroatoms. The van der Waals surface area contributed by atoms with Gasteiger partial charge in [0.25, 0.3) is 5.78 Å². The number of methoxy groups -OCH3 is 1. The van der Waals surface area contributed by atoms with Crippen LogP contribution in [-0.4, -0.2) is 49.8 Å². The average molecular weight is 510 g/mol. The number of carbonyl (C=O) groups is 2. The molecule has 6 nitrogen and oxygen atoms in total. The molecule has 4 atom stereocenters. The largest absolute Gasteiger partial charge is 0.490 e. The Bertz CT molecular complexity index is 1200. The van der Waals surface area contributed by atoms with Crippen molar-refractivity contribution >= 4 is 29.0 Å². The Hall–Kier alpha value is -2.83. The van der Waals surface area contributed by atoms with E-state index in [0.29, 0.717) is 25.4 Å². The van der Waals surface area contributed by atoms with Crippen LogP contribution in [0.2, 0.25) is 5.02 Å². The molecule has 0 aromatic heterocycles. The molecule has 2 aliphatic carbocycles. The van der Waals surface area contributed by atoms with E-state index in [0.717, 1.165) is 42.8 Å². The standard InChI is InChI=1S/C29H32ClNO5/c1-3-25(32)22-9-6-20(22)15-31-16-29(12-4-5-18-13-21(30)8-10-23(18)29)17-36-26-11-7-19(14-24(26)31)27(33)28(34)35-2/h3,7-8,10-11,13-14,20,22,25,32H,1,4-6,9,12,15-17H2,2H3/t20-,22+,25?,29-/m0/s1. The number of aryl methyl sites for hydroxylation is 1. The summed E-state index contributed by atoms with van der Waals surface area (Å²) in [6.07, 6.45) is 6.05. The maximum absolute atomic E-state index is 12.6. The summed E-state index contributed by atoms with van der Waals surface area (Å²) in [5.41, 5.74) is 3.35. The lowest BCUT2D eigenvalue weighted by molar-refractivity contribution is -0.135. The minimum Gasteiger partial charge on any atom is -0.490 e. The molecule has 1 spiro atoms. The van der Waals surface area contributed by atoms with E-state index >= 15 is 0 Å². The van der Waals surface area contributed by atoms with Crippen LogP contribution in [0.3, 0.4) is 0 Å². The molecular weight excluding hydrogens is 478 g/mol. The van der Waals surface area contributed by atoms with E-state index < -0.39 is 17.9 Å². The van der Waals surface area contributed by atoms with Crippen LogP contribution in [-0.2, 0) is 21.4 Å². The zero-order valence-corrected chi connectivity index (χ0v) is 21.3. The van der Waals surface area contributed by atoms with Crippen molar-refractivity contribution < 1.29 is 24.2 Å². The topological polar surface area (TPSA) is 76.1 Å². The van der Waals surface area contributed by atoms with Gasteiger partial charge in [0.05, 0.1) is 25.5 Å². The van der Waals surface area contributed by atoms with E-state index in [1.165, 1.54) is 18.2 Å². The van der Waals surface area contributed by atoms with Crippen LogP contribution >= 0.6 is 11.6 Å². The number of anilines is 1. The third-order valence-electron chi connectivity index (χ3n) is 8.28. The minimum atomic E-state index is -0.890. The molecule has 2 aromatic carbocycles. The Kier molecular flexibility index (Phi) is 6.84. The molecule has 36 heavy (non-hydrogen) atoms. The molecular formula is C29H32ClNO5. The first-order chi connectivity index (χ1) is 17.3. The Balaban J connectivity index is 1.55. The SMILES string of the molecule is C=CC(O)[C@@H]1CC[C@H]1CN1C[C@@]2(CCCc3cc(Cl)ccc32)COc2ccc(C(=O)C(=O)OC)cc21. The maximum atomic E-state index is 12.6. The number of fused-ring (bicyclic) bond motifs is 3. The molecule has 1 fully saturated rings. The number of Topliss-reactive ketones (excluding diaryl/α,β-unsaturated/α-hetero) is 1. The zero-order valence-electron chi connectivity index (χ0n) is 20.5. The number of ketones is 1. The summed E-state index contributed by atoms with van der Waals surface area (Å²) in [7, 11) is 1.21. The van der Waals surface area contributed by atoms with E-state index in [4.69, 9.17) is 16.3 Å². The van der Waals surface area contributed by atoms with Gasteiger partial charge in [-0.1, -0.05) is 23.7 Å². The van der Waals surface area contributed by atoms with Crippen LogP contribution in [0, 0.1) is 11.8 Å². The van der Waals surface area contributed by atoms with Gasteiger partial charge in [-0.3, -0.25) is 4.79 Å². The summed E-state index contributed by atoms with van der Waals surface area (Å²) in [6.45, 7) is 5.71. The Labute approximate surface area is 216 Å². The number of rotatable bonds is 6. The van der Waals surface area contributed by atoms with Crippen molar-refractivity contribution in [2.45, 2.75) is 43.6 Å². The van der Waals surface area contributed by atoms with Gasteiger partial charge >= 0.3 is 5.97 Å². The highest BCUT2D eigenvalue weighted by atomic mass is 35.5. The molecule has 5 rings (SSSR count). The second-order valence-electron chi connectivity index (χ2n) is 10.3. The molecule has 190 valence electrons. The summed E-state index contributed by atoms with van der Waals surface area (Å²) < 4.78 is 11.1. The zero-order chi connectivity index (χ0) is 25.4. The minimum absolute atomic E-state index is 0.156. The van der Waals surface area contributed by atoms with E-state index in [-0.39, 0.29) is 22.8 Å². The first kappa shape index (κ1) is 24.8. The summed E-state index contributed by atoms with van der Waals surface area (Å²) in [5.74, 6) is -0.439. The number of aliphatic hydroxyl groups is 1. The van der Waals surface area contributed by atoms with E-state index in [9.17, 15) is 14.7 Å². The monoisotopic (exact) mass is 509 g/mol. The van der Waals surface area contributed by atoms with Crippen LogP contribution in [0.15, 0.2) is 49.1 Å². The smallest absolute Gasteiger partial charge is 0.379 e. The van der Waals surface area contributed by atoms with Crippen molar-refractivity contribution in [3.63, 3.8) is 0 Å². The lowest BCUT2D eigenvalue weighted by atomic mass is 9.68. The number of aliphatic hydroxyl groups excluding tert-OH is 1. The van der Waals surface area contributed by atoms with E-state index in [1.54, 1.807) is 24.3 Å². The Morgan fingerprint density at radius 3 is 2.86 bits per heavy atom. The van der Waals surface area contributed by atoms with Crippen molar-refractivity contribution in [2.24, 2.45) is 11.8 Å². The van der Waals surface area contributed by atoms with Gasteiger partial charge in [0, 0.05) is 29.1 Å². The van der Waals surface area contributed by atoms with Gasteiger partial charge in [0.2, 0.25) is 0 Å². The molecule has 1 aliphatic heterocycles. The predicted molar refractivity (Wildman–Crippen MR) is 139 cm³/mol. The Morgan fingerprint density at radius 1 is 1.31 bits per heavy atom. The molecule has 0 saturated heterocycles. The first-order valence-electron chi connectivity index (χ1n) is 12.6. The van der Waals surface area contributed by atoms with Gasteiger partial charge in [-0.25, -0.2) is 4.79 Å². The van der Waals surface area contributed by atoms with Crippen molar-refractivity contribution in [2.75, 3.05) is 31.7 Å². The van der Waals surface area contributed by atoms with Gasteiger partial charge in [-0.15, -0.1) is 6.58 Å². The van der Waals surface area contributed by atoms with Crippen molar-refractivity contribution in [1.82, 2.24) is 0 Å². The fourth-order valence-corrected chi connectivity index (χ4v) is 6.39. The molecule has 0 radical (unpaired) electrons. The molecule has 0 amide bonds. The quantitative estimate of drug-likeness (QED) is 0.262. The van der Waals surface area contributed by atoms with Crippen LogP contribution in [0.5, 0.6) is 5.75 Å². The molecule has 0 bridgehead atoms. The first-order valence-corrected chi connectivity index (χ1v) is 13.0. The summed E-state index contributed by atoms with van der Waals surface area (Å²) >= 11 is 6.33. The van der Waals surface area contributed by atoms with Crippen LogP contribution < -0.4 is 9.64 Å². The number of benzene rings is 2. The number of carbonyl (C=O) groups excluding carboxylic acids is 2. The average Bonchev–Trinajstić information content (AvgIpc) is 3.02. The van der Waals surface area contributed by atoms with Crippen LogP contribution in [0.1, 0.15) is 47.2 Å². The predicted octanol–water partition coefficient (Wildman–Crippen LogP) is 4.74. The summed E-state index contributed by atoms with van der Waals surface area (Å²) in [4.78, 5) is 26.9. The molecule has 1 heterocycles. The van der Waals surface area contributed by atoms with E-state index in [2.05, 4.69) is 28.3 Å². The number of hydrogen-bond acceptors (Lipinski definition) is 6. The highest BCUT2D eigenvalue weighted by Gasteiger charge is 2.44. The van der Waals surface area contributed by atoms with Crippen LogP contribution in [0.4, 0.5) is 5.69 Å². The van der Waals surface area contributed by atoms with Gasteiger partial charge < -0.3 is 19.5 Å². The molecule has 1 saturated carbocycles. The highest BCUT2D eigenvalue weighted by Crippen LogP contribution is 2.46. The fourth-order valence-electron chi connectivity index (χ4n) is 6.19. The van der Waals surface area contributed by atoms with Crippen molar-refractivity contribution in [3.05, 3.63) is 70.8 Å². The molecule has 1 N–H and O–H groups in total. The number of ether oxygens (including phenoxy) is 2. The second-order valence-corrected chi connectivity index (χ2v) is 10.8. The lowest BCUT2D eigenvalue weighted by Gasteiger charge is -2.45. The third-order valence-corrected chi connectivity index (χ3v) is 8.52.